The molecule has 1 aliphatic heterocycles. The Bertz CT molecular complexity index is 940. The number of nitrogens with two attached hydrogens (primary N) is 1. The van der Waals surface area contributed by atoms with Crippen LogP contribution in [0.1, 0.15) is 23.1 Å². The minimum absolute atomic E-state index is 0.0630. The molecule has 0 bridgehead atoms. The number of hydrogen-bond acceptors (Lipinski definition) is 3. The van der Waals surface area contributed by atoms with Crippen molar-refractivity contribution >= 4 is 18.1 Å². The number of hydrogen-bond donors (Lipinski definition) is 2. The topological polar surface area (TPSA) is 91.8 Å². The Morgan fingerprint density at radius 3 is 2.62 bits per heavy atom. The minimum atomic E-state index is -4.40. The number of carbonyl (C=O) groups is 1. The molecule has 3 N–H and O–H groups in total. The van der Waals surface area contributed by atoms with E-state index in [1.54, 1.807) is 17.0 Å². The Balaban J connectivity index is 1.73. The molecule has 1 heterocycles. The largest absolute Gasteiger partial charge is 0.457 e. The van der Waals surface area contributed by atoms with Gasteiger partial charge in [-0.1, -0.05) is 12.1 Å². The number of alkyl halides is 3. The van der Waals surface area contributed by atoms with Crippen LogP contribution >= 0.6 is 0 Å². The van der Waals surface area contributed by atoms with Crippen LogP contribution in [-0.2, 0) is 23.9 Å². The number of nitrogens with one attached hydrogen (secondary N) is 1. The molecule has 9 heteroatoms. The Kier molecular flexibility index (Phi) is 5.86. The molecule has 0 aromatic heterocycles. The van der Waals surface area contributed by atoms with Gasteiger partial charge < -0.3 is 15.4 Å². The van der Waals surface area contributed by atoms with Crippen molar-refractivity contribution in [3.63, 3.8) is 0 Å². The van der Waals surface area contributed by atoms with E-state index < -0.39 is 11.7 Å². The van der Waals surface area contributed by atoms with Crippen molar-refractivity contribution in [2.75, 3.05) is 6.54 Å². The molecule has 152 valence electrons. The number of halogens is 3. The van der Waals surface area contributed by atoms with Crippen LogP contribution < -0.4 is 10.5 Å². The molecule has 0 saturated carbocycles. The number of carbonyl (C=O) groups excluding carboxylic acids is 1. The monoisotopic (exact) mass is 404 g/mol. The number of amidine groups is 1. The first-order chi connectivity index (χ1) is 13.8. The summed E-state index contributed by atoms with van der Waals surface area (Å²) in [5.74, 6) is 0.753. The van der Waals surface area contributed by atoms with Gasteiger partial charge in [-0.25, -0.2) is 4.99 Å². The van der Waals surface area contributed by atoms with Gasteiger partial charge in [-0.05, 0) is 42.3 Å². The molecule has 6 nitrogen and oxygen atoms in total. The second-order valence-corrected chi connectivity index (χ2v) is 6.51. The quantitative estimate of drug-likeness (QED) is 0.587. The van der Waals surface area contributed by atoms with Crippen LogP contribution in [0.3, 0.4) is 0 Å². The van der Waals surface area contributed by atoms with Gasteiger partial charge in [-0.2, -0.15) is 13.2 Å². The standard InChI is InChI=1S/C20H19F3N4O2/c21-20(22,23)14-4-6-15(7-5-14)29-17-3-1-2-13-11-27(9-8-16(13)17)19(28)10-18(25)26-12-24/h1-7,12H,8-11H2,(H3,24,25,26). The first-order valence-electron chi connectivity index (χ1n) is 8.82. The highest BCUT2D eigenvalue weighted by atomic mass is 19.4. The average molecular weight is 404 g/mol. The fourth-order valence-corrected chi connectivity index (χ4v) is 3.12. The van der Waals surface area contributed by atoms with E-state index in [9.17, 15) is 18.0 Å². The van der Waals surface area contributed by atoms with E-state index in [2.05, 4.69) is 4.99 Å². The van der Waals surface area contributed by atoms with Gasteiger partial charge in [0.2, 0.25) is 5.91 Å². The molecule has 0 saturated heterocycles. The smallest absolute Gasteiger partial charge is 0.416 e. The highest BCUT2D eigenvalue weighted by Crippen LogP contribution is 2.34. The number of benzene rings is 2. The first kappa shape index (κ1) is 20.4. The number of ether oxygens (including phenoxy) is 1. The van der Waals surface area contributed by atoms with Crippen molar-refractivity contribution in [1.82, 2.24) is 4.90 Å². The molecule has 0 fully saturated rings. The van der Waals surface area contributed by atoms with Crippen LogP contribution in [0.5, 0.6) is 11.5 Å². The molecule has 0 aliphatic carbocycles. The summed E-state index contributed by atoms with van der Waals surface area (Å²) >= 11 is 0. The van der Waals surface area contributed by atoms with Gasteiger partial charge in [-0.3, -0.25) is 10.2 Å². The van der Waals surface area contributed by atoms with Crippen LogP contribution in [0.2, 0.25) is 0 Å². The third-order valence-corrected chi connectivity index (χ3v) is 4.55. The second kappa shape index (κ2) is 8.34. The summed E-state index contributed by atoms with van der Waals surface area (Å²) in [6, 6.07) is 9.93. The Hall–Kier alpha value is -3.36. The molecular weight excluding hydrogens is 385 g/mol. The predicted molar refractivity (Wildman–Crippen MR) is 102 cm³/mol. The molecule has 0 atom stereocenters. The molecule has 1 aliphatic rings. The van der Waals surface area contributed by atoms with Gasteiger partial charge in [0, 0.05) is 18.7 Å². The maximum Gasteiger partial charge on any atom is 0.416 e. The summed E-state index contributed by atoms with van der Waals surface area (Å²) < 4.78 is 43.9. The fourth-order valence-electron chi connectivity index (χ4n) is 3.12. The van der Waals surface area contributed by atoms with Gasteiger partial charge in [-0.15, -0.1) is 0 Å². The van der Waals surface area contributed by atoms with E-state index in [0.29, 0.717) is 31.0 Å². The number of fused-ring (bicyclic) bond motifs is 1. The Labute approximate surface area is 165 Å². The molecular formula is C20H19F3N4O2. The van der Waals surface area contributed by atoms with Crippen molar-refractivity contribution < 1.29 is 22.7 Å². The average Bonchev–Trinajstić information content (AvgIpc) is 2.67. The predicted octanol–water partition coefficient (Wildman–Crippen LogP) is 3.74. The molecule has 0 unspecified atom stereocenters. The van der Waals surface area contributed by atoms with E-state index in [1.807, 2.05) is 6.07 Å². The SMILES string of the molecule is N=CN=C(N)CC(=O)N1CCc2c(cccc2Oc2ccc(C(F)(F)F)cc2)C1. The zero-order chi connectivity index (χ0) is 21.0. The van der Waals surface area contributed by atoms with Crippen molar-refractivity contribution in [3.8, 4) is 11.5 Å². The van der Waals surface area contributed by atoms with Crippen molar-refractivity contribution in [1.29, 1.82) is 5.41 Å². The lowest BCUT2D eigenvalue weighted by molar-refractivity contribution is -0.137. The third-order valence-electron chi connectivity index (χ3n) is 4.55. The molecule has 0 spiro atoms. The normalized spacial score (nSPS) is 14.3. The highest BCUT2D eigenvalue weighted by molar-refractivity contribution is 6.01. The summed E-state index contributed by atoms with van der Waals surface area (Å²) in [6.07, 6.45) is -3.13. The lowest BCUT2D eigenvalue weighted by Gasteiger charge is -2.30. The zero-order valence-electron chi connectivity index (χ0n) is 15.4. The van der Waals surface area contributed by atoms with Gasteiger partial charge in [0.15, 0.2) is 0 Å². The third kappa shape index (κ3) is 4.92. The summed E-state index contributed by atoms with van der Waals surface area (Å²) in [7, 11) is 0. The van der Waals surface area contributed by atoms with Crippen LogP contribution in [0.15, 0.2) is 47.5 Å². The Morgan fingerprint density at radius 2 is 1.97 bits per heavy atom. The molecule has 3 rings (SSSR count). The number of nitrogens with zero attached hydrogens (tertiary/aromatic N) is 2. The first-order valence-corrected chi connectivity index (χ1v) is 8.82. The summed E-state index contributed by atoms with van der Waals surface area (Å²) in [5, 5.41) is 6.89. The maximum atomic E-state index is 12.7. The van der Waals surface area contributed by atoms with E-state index in [1.165, 1.54) is 12.1 Å². The molecule has 0 radical (unpaired) electrons. The summed E-state index contributed by atoms with van der Waals surface area (Å²) in [5.41, 5.74) is 6.67. The molecule has 1 amide bonds. The van der Waals surface area contributed by atoms with Gasteiger partial charge in [0.1, 0.15) is 23.7 Å². The van der Waals surface area contributed by atoms with Gasteiger partial charge >= 0.3 is 6.18 Å². The summed E-state index contributed by atoms with van der Waals surface area (Å²) in [4.78, 5) is 17.6. The van der Waals surface area contributed by atoms with E-state index in [0.717, 1.165) is 29.6 Å². The van der Waals surface area contributed by atoms with E-state index >= 15 is 0 Å². The van der Waals surface area contributed by atoms with E-state index in [-0.39, 0.29) is 18.2 Å². The zero-order valence-corrected chi connectivity index (χ0v) is 15.4. The van der Waals surface area contributed by atoms with E-state index in [4.69, 9.17) is 15.9 Å². The molecule has 2 aromatic rings. The van der Waals surface area contributed by atoms with Crippen LogP contribution in [0.25, 0.3) is 0 Å². The number of amides is 1. The highest BCUT2D eigenvalue weighted by Gasteiger charge is 2.30. The van der Waals surface area contributed by atoms with Crippen molar-refractivity contribution in [2.45, 2.75) is 25.6 Å². The van der Waals surface area contributed by atoms with Crippen LogP contribution in [-0.4, -0.2) is 29.5 Å². The molecule has 2 aromatic carbocycles. The number of aliphatic imine (C=N–C) groups is 1. The van der Waals surface area contributed by atoms with Crippen LogP contribution in [0.4, 0.5) is 13.2 Å². The Morgan fingerprint density at radius 1 is 1.24 bits per heavy atom. The van der Waals surface area contributed by atoms with Crippen molar-refractivity contribution in [2.24, 2.45) is 10.7 Å². The molecule has 29 heavy (non-hydrogen) atoms. The fraction of sp³-hybridized carbons (Fsp3) is 0.250. The van der Waals surface area contributed by atoms with Gasteiger partial charge in [0.05, 0.1) is 12.0 Å². The lowest BCUT2D eigenvalue weighted by atomic mass is 9.98. The second-order valence-electron chi connectivity index (χ2n) is 6.51. The minimum Gasteiger partial charge on any atom is -0.457 e. The summed E-state index contributed by atoms with van der Waals surface area (Å²) in [6.45, 7) is 0.827. The van der Waals surface area contributed by atoms with Crippen molar-refractivity contribution in [3.05, 3.63) is 59.2 Å². The van der Waals surface area contributed by atoms with Crippen LogP contribution in [0, 0.1) is 5.41 Å². The van der Waals surface area contributed by atoms with Gasteiger partial charge in [0.25, 0.3) is 0 Å². The lowest BCUT2D eigenvalue weighted by Crippen LogP contribution is -2.38. The number of rotatable bonds is 5. The maximum absolute atomic E-state index is 12.7.